The fourth-order valence-electron chi connectivity index (χ4n) is 2.77. The molecule has 2 aliphatic heterocycles. The molecule has 0 saturated carbocycles. The number of hydrogen-bond acceptors (Lipinski definition) is 4. The Morgan fingerprint density at radius 3 is 2.90 bits per heavy atom. The van der Waals surface area contributed by atoms with Gasteiger partial charge in [-0.2, -0.15) is 0 Å². The van der Waals surface area contributed by atoms with Crippen molar-refractivity contribution < 1.29 is 14.3 Å². The lowest BCUT2D eigenvalue weighted by atomic mass is 10.1. The van der Waals surface area contributed by atoms with E-state index in [1.54, 1.807) is 0 Å². The van der Waals surface area contributed by atoms with Crippen molar-refractivity contribution in [3.63, 3.8) is 0 Å². The number of imide groups is 1. The maximum Gasteiger partial charge on any atom is 0.246 e. The number of amides is 2. The average Bonchev–Trinajstić information content (AvgIpc) is 2.86. The van der Waals surface area contributed by atoms with Gasteiger partial charge in [0.2, 0.25) is 11.8 Å². The first-order chi connectivity index (χ1) is 9.69. The Morgan fingerprint density at radius 1 is 1.35 bits per heavy atom. The molecule has 0 bridgehead atoms. The second-order valence-corrected chi connectivity index (χ2v) is 5.24. The van der Waals surface area contributed by atoms with Crippen molar-refractivity contribution in [3.8, 4) is 5.75 Å². The molecule has 5 heteroatoms. The van der Waals surface area contributed by atoms with Gasteiger partial charge < -0.3 is 4.74 Å². The molecule has 2 aliphatic rings. The Hall–Kier alpha value is -1.88. The summed E-state index contributed by atoms with van der Waals surface area (Å²) in [4.78, 5) is 25.5. The van der Waals surface area contributed by atoms with Crippen LogP contribution in [0.5, 0.6) is 5.75 Å². The van der Waals surface area contributed by atoms with Crippen LogP contribution in [0.4, 0.5) is 0 Å². The molecule has 1 aromatic rings. The van der Waals surface area contributed by atoms with Crippen LogP contribution >= 0.6 is 0 Å². The van der Waals surface area contributed by atoms with Gasteiger partial charge in [-0.15, -0.1) is 0 Å². The zero-order valence-electron chi connectivity index (χ0n) is 11.5. The SMILES string of the molecule is CCC1NCC(=O)N(CC2Cc3ccccc3O2)C1=O. The van der Waals surface area contributed by atoms with Gasteiger partial charge in [0.05, 0.1) is 19.1 Å². The van der Waals surface area contributed by atoms with E-state index in [1.165, 1.54) is 4.90 Å². The molecule has 0 radical (unpaired) electrons. The highest BCUT2D eigenvalue weighted by Crippen LogP contribution is 2.28. The van der Waals surface area contributed by atoms with Gasteiger partial charge in [-0.1, -0.05) is 25.1 Å². The predicted molar refractivity (Wildman–Crippen MR) is 73.4 cm³/mol. The normalized spacial score (nSPS) is 25.6. The van der Waals surface area contributed by atoms with Gasteiger partial charge >= 0.3 is 0 Å². The average molecular weight is 274 g/mol. The lowest BCUT2D eigenvalue weighted by molar-refractivity contribution is -0.150. The van der Waals surface area contributed by atoms with Crippen LogP contribution in [0, 0.1) is 0 Å². The first-order valence-electron chi connectivity index (χ1n) is 7.01. The first-order valence-corrected chi connectivity index (χ1v) is 7.01. The molecule has 1 N–H and O–H groups in total. The molecule has 1 fully saturated rings. The molecule has 0 aliphatic carbocycles. The Morgan fingerprint density at radius 2 is 2.15 bits per heavy atom. The van der Waals surface area contributed by atoms with Crippen molar-refractivity contribution in [2.75, 3.05) is 13.1 Å². The molecule has 106 valence electrons. The number of carbonyl (C=O) groups is 2. The van der Waals surface area contributed by atoms with Gasteiger partial charge in [0, 0.05) is 6.42 Å². The largest absolute Gasteiger partial charge is 0.488 e. The Kier molecular flexibility index (Phi) is 3.44. The molecule has 2 unspecified atom stereocenters. The van der Waals surface area contributed by atoms with E-state index in [9.17, 15) is 9.59 Å². The second-order valence-electron chi connectivity index (χ2n) is 5.24. The van der Waals surface area contributed by atoms with Crippen LogP contribution in [0.1, 0.15) is 18.9 Å². The Balaban J connectivity index is 1.69. The van der Waals surface area contributed by atoms with Gasteiger partial charge in [-0.3, -0.25) is 19.8 Å². The third-order valence-corrected chi connectivity index (χ3v) is 3.87. The van der Waals surface area contributed by atoms with Crippen molar-refractivity contribution in [1.29, 1.82) is 0 Å². The van der Waals surface area contributed by atoms with Crippen molar-refractivity contribution in [2.45, 2.75) is 31.9 Å². The lowest BCUT2D eigenvalue weighted by Gasteiger charge is -2.32. The van der Waals surface area contributed by atoms with Crippen LogP contribution < -0.4 is 10.1 Å². The molecule has 1 aromatic carbocycles. The monoisotopic (exact) mass is 274 g/mol. The van der Waals surface area contributed by atoms with Gasteiger partial charge in [0.25, 0.3) is 0 Å². The van der Waals surface area contributed by atoms with E-state index in [2.05, 4.69) is 5.32 Å². The Bertz CT molecular complexity index is 519. The van der Waals surface area contributed by atoms with E-state index in [4.69, 9.17) is 4.74 Å². The Labute approximate surface area is 117 Å². The smallest absolute Gasteiger partial charge is 0.246 e. The maximum atomic E-state index is 12.2. The first kappa shape index (κ1) is 13.1. The predicted octanol–water partition coefficient (Wildman–Crippen LogP) is 0.727. The molecule has 1 saturated heterocycles. The molecule has 0 spiro atoms. The van der Waals surface area contributed by atoms with Crippen LogP contribution in [0.2, 0.25) is 0 Å². The molecule has 0 aromatic heterocycles. The van der Waals surface area contributed by atoms with Gasteiger partial charge in [0.1, 0.15) is 11.9 Å². The maximum absolute atomic E-state index is 12.2. The summed E-state index contributed by atoms with van der Waals surface area (Å²) in [7, 11) is 0. The number of nitrogens with zero attached hydrogens (tertiary/aromatic N) is 1. The van der Waals surface area contributed by atoms with Crippen LogP contribution in [0.15, 0.2) is 24.3 Å². The molecule has 20 heavy (non-hydrogen) atoms. The third-order valence-electron chi connectivity index (χ3n) is 3.87. The van der Waals surface area contributed by atoms with E-state index in [1.807, 2.05) is 31.2 Å². The summed E-state index contributed by atoms with van der Waals surface area (Å²) in [6.45, 7) is 2.50. The van der Waals surface area contributed by atoms with Gasteiger partial charge in [-0.25, -0.2) is 0 Å². The summed E-state index contributed by atoms with van der Waals surface area (Å²) in [6, 6.07) is 7.59. The van der Waals surface area contributed by atoms with Crippen molar-refractivity contribution in [3.05, 3.63) is 29.8 Å². The number of rotatable bonds is 3. The van der Waals surface area contributed by atoms with Crippen LogP contribution in [0.25, 0.3) is 0 Å². The zero-order chi connectivity index (χ0) is 14.1. The quantitative estimate of drug-likeness (QED) is 0.825. The zero-order valence-corrected chi connectivity index (χ0v) is 11.5. The minimum absolute atomic E-state index is 0.129. The number of piperazine rings is 1. The summed E-state index contributed by atoms with van der Waals surface area (Å²) in [6.07, 6.45) is 1.31. The molecule has 2 amide bonds. The van der Waals surface area contributed by atoms with Gasteiger partial charge in [-0.05, 0) is 18.1 Å². The number of fused-ring (bicyclic) bond motifs is 1. The van der Waals surface area contributed by atoms with E-state index < -0.39 is 0 Å². The fourth-order valence-corrected chi connectivity index (χ4v) is 2.77. The van der Waals surface area contributed by atoms with Crippen LogP contribution in [-0.4, -0.2) is 41.9 Å². The highest BCUT2D eigenvalue weighted by molar-refractivity contribution is 6.01. The summed E-state index contributed by atoms with van der Waals surface area (Å²) >= 11 is 0. The lowest BCUT2D eigenvalue weighted by Crippen LogP contribution is -2.59. The van der Waals surface area contributed by atoms with Crippen LogP contribution in [0.3, 0.4) is 0 Å². The molecule has 2 heterocycles. The summed E-state index contributed by atoms with van der Waals surface area (Å²) in [5, 5.41) is 2.96. The summed E-state index contributed by atoms with van der Waals surface area (Å²) < 4.78 is 5.81. The van der Waals surface area contributed by atoms with Crippen LogP contribution in [-0.2, 0) is 16.0 Å². The number of benzene rings is 1. The molecule has 5 nitrogen and oxygen atoms in total. The number of carbonyl (C=O) groups excluding carboxylic acids is 2. The second kappa shape index (κ2) is 5.25. The summed E-state index contributed by atoms with van der Waals surface area (Å²) in [5.41, 5.74) is 1.14. The van der Waals surface area contributed by atoms with Gasteiger partial charge in [0.15, 0.2) is 0 Å². The van der Waals surface area contributed by atoms with E-state index >= 15 is 0 Å². The third kappa shape index (κ3) is 2.29. The summed E-state index contributed by atoms with van der Waals surface area (Å²) in [5.74, 6) is 0.558. The number of nitrogens with one attached hydrogen (secondary N) is 1. The molecule has 3 rings (SSSR count). The van der Waals surface area contributed by atoms with E-state index in [-0.39, 0.29) is 30.5 Å². The standard InChI is InChI=1S/C15H18N2O3/c1-2-12-15(19)17(14(18)8-16-12)9-11-7-10-5-3-4-6-13(10)20-11/h3-6,11-12,16H,2,7-9H2,1H3. The number of hydrogen-bond donors (Lipinski definition) is 1. The van der Waals surface area contributed by atoms with E-state index in [0.717, 1.165) is 17.7 Å². The van der Waals surface area contributed by atoms with Crippen molar-refractivity contribution in [1.82, 2.24) is 10.2 Å². The van der Waals surface area contributed by atoms with Crippen molar-refractivity contribution >= 4 is 11.8 Å². The van der Waals surface area contributed by atoms with Crippen molar-refractivity contribution in [2.24, 2.45) is 0 Å². The minimum Gasteiger partial charge on any atom is -0.488 e. The van der Waals surface area contributed by atoms with E-state index in [0.29, 0.717) is 13.0 Å². The number of para-hydroxylation sites is 1. The number of ether oxygens (including phenoxy) is 1. The fraction of sp³-hybridized carbons (Fsp3) is 0.467. The highest BCUT2D eigenvalue weighted by atomic mass is 16.5. The topological polar surface area (TPSA) is 58.6 Å². The molecular formula is C15H18N2O3. The molecular weight excluding hydrogens is 256 g/mol. The molecule has 2 atom stereocenters. The minimum atomic E-state index is -0.253. The highest BCUT2D eigenvalue weighted by Gasteiger charge is 2.36.